The Balaban J connectivity index is 2.67. The Labute approximate surface area is 119 Å². The van der Waals surface area contributed by atoms with Crippen LogP contribution in [-0.4, -0.2) is 40.8 Å². The van der Waals surface area contributed by atoms with Gasteiger partial charge in [-0.2, -0.15) is 0 Å². The van der Waals surface area contributed by atoms with Crippen LogP contribution in [0, 0.1) is 0 Å². The molecule has 0 radical (unpaired) electrons. The molecule has 1 N–H and O–H groups in total. The van der Waals surface area contributed by atoms with Crippen molar-refractivity contribution < 1.29 is 9.59 Å². The van der Waals surface area contributed by atoms with Crippen molar-refractivity contribution in [2.45, 2.75) is 13.0 Å². The van der Waals surface area contributed by atoms with E-state index in [1.54, 1.807) is 36.1 Å². The minimum Gasteiger partial charge on any atom is -0.341 e. The topological polar surface area (TPSA) is 62.3 Å². The van der Waals surface area contributed by atoms with Gasteiger partial charge >= 0.3 is 0 Å². The zero-order chi connectivity index (χ0) is 15.0. The van der Waals surface area contributed by atoms with Crippen molar-refractivity contribution in [2.75, 3.05) is 13.1 Å². The minimum atomic E-state index is -0.615. The van der Waals surface area contributed by atoms with Gasteiger partial charge in [-0.05, 0) is 19.1 Å². The molecular weight excluding hydrogens is 254 g/mol. The van der Waals surface area contributed by atoms with Gasteiger partial charge in [0.05, 0.1) is 0 Å². The van der Waals surface area contributed by atoms with Gasteiger partial charge in [0.2, 0.25) is 5.91 Å². The van der Waals surface area contributed by atoms with Crippen LogP contribution in [0.3, 0.4) is 0 Å². The largest absolute Gasteiger partial charge is 0.341 e. The highest BCUT2D eigenvalue weighted by Gasteiger charge is 2.20. The van der Waals surface area contributed by atoms with E-state index in [1.165, 1.54) is 12.4 Å². The van der Waals surface area contributed by atoms with Gasteiger partial charge in [0, 0.05) is 31.0 Å². The quantitative estimate of drug-likeness (QED) is 0.764. The molecule has 0 aromatic carbocycles. The summed E-state index contributed by atoms with van der Waals surface area (Å²) in [7, 11) is 0. The van der Waals surface area contributed by atoms with Crippen molar-refractivity contribution in [1.82, 2.24) is 15.2 Å². The minimum absolute atomic E-state index is 0.174. The molecule has 1 unspecified atom stereocenters. The molecule has 0 aliphatic heterocycles. The van der Waals surface area contributed by atoms with E-state index < -0.39 is 6.04 Å². The van der Waals surface area contributed by atoms with Crippen LogP contribution >= 0.6 is 0 Å². The Kier molecular flexibility index (Phi) is 6.16. The number of nitrogens with zero attached hydrogens (tertiary/aromatic N) is 2. The molecule has 0 spiro atoms. The molecule has 1 aromatic rings. The van der Waals surface area contributed by atoms with Crippen LogP contribution in [0.1, 0.15) is 17.3 Å². The average Bonchev–Trinajstić information content (AvgIpc) is 2.47. The molecule has 106 valence electrons. The van der Waals surface area contributed by atoms with Crippen molar-refractivity contribution in [2.24, 2.45) is 0 Å². The van der Waals surface area contributed by atoms with Crippen molar-refractivity contribution in [3.63, 3.8) is 0 Å². The normalized spacial score (nSPS) is 11.2. The Morgan fingerprint density at radius 3 is 2.35 bits per heavy atom. The molecular formula is C15H19N3O2. The van der Waals surface area contributed by atoms with Crippen LogP contribution in [-0.2, 0) is 4.79 Å². The van der Waals surface area contributed by atoms with E-state index in [-0.39, 0.29) is 11.8 Å². The molecule has 1 atom stereocenters. The van der Waals surface area contributed by atoms with E-state index in [0.29, 0.717) is 18.7 Å². The number of carbonyl (C=O) groups excluding carboxylic acids is 2. The van der Waals surface area contributed by atoms with Crippen molar-refractivity contribution >= 4 is 11.8 Å². The maximum absolute atomic E-state index is 12.2. The summed E-state index contributed by atoms with van der Waals surface area (Å²) >= 11 is 0. The van der Waals surface area contributed by atoms with E-state index in [2.05, 4.69) is 23.5 Å². The molecule has 0 bridgehead atoms. The summed E-state index contributed by atoms with van der Waals surface area (Å²) in [6, 6.07) is 2.57. The molecule has 0 aliphatic carbocycles. The van der Waals surface area contributed by atoms with Crippen molar-refractivity contribution in [3.8, 4) is 0 Å². The lowest BCUT2D eigenvalue weighted by atomic mass is 10.2. The summed E-state index contributed by atoms with van der Waals surface area (Å²) in [6.07, 6.45) is 6.34. The smallest absolute Gasteiger partial charge is 0.252 e. The second kappa shape index (κ2) is 7.89. The third-order valence-electron chi connectivity index (χ3n) is 2.67. The summed E-state index contributed by atoms with van der Waals surface area (Å²) in [6.45, 7) is 9.71. The Hall–Kier alpha value is -2.43. The number of pyridine rings is 1. The number of rotatable bonds is 7. The number of nitrogens with one attached hydrogen (secondary N) is 1. The van der Waals surface area contributed by atoms with Crippen molar-refractivity contribution in [3.05, 3.63) is 55.4 Å². The molecule has 0 saturated carbocycles. The van der Waals surface area contributed by atoms with Gasteiger partial charge in [-0.15, -0.1) is 13.2 Å². The lowest BCUT2D eigenvalue weighted by Crippen LogP contribution is -2.47. The average molecular weight is 273 g/mol. The number of amides is 2. The summed E-state index contributed by atoms with van der Waals surface area (Å²) in [5.74, 6) is -0.474. The first-order valence-electron chi connectivity index (χ1n) is 6.31. The van der Waals surface area contributed by atoms with E-state index in [0.717, 1.165) is 0 Å². The first-order valence-corrected chi connectivity index (χ1v) is 6.31. The standard InChI is InChI=1S/C15H19N3O2/c1-4-10-18(11-5-2)15(20)12(3)17-14(19)13-6-8-16-9-7-13/h4-9,12H,1-2,10-11H2,3H3,(H,17,19). The molecule has 5 nitrogen and oxygen atoms in total. The lowest BCUT2D eigenvalue weighted by molar-refractivity contribution is -0.131. The summed E-state index contributed by atoms with van der Waals surface area (Å²) in [4.78, 5) is 29.5. The molecule has 1 rings (SSSR count). The molecule has 0 saturated heterocycles. The van der Waals surface area contributed by atoms with Gasteiger partial charge in [0.1, 0.15) is 6.04 Å². The fourth-order valence-electron chi connectivity index (χ4n) is 1.69. The van der Waals surface area contributed by atoms with E-state index in [1.807, 2.05) is 0 Å². The zero-order valence-corrected chi connectivity index (χ0v) is 11.6. The third-order valence-corrected chi connectivity index (χ3v) is 2.67. The fraction of sp³-hybridized carbons (Fsp3) is 0.267. The van der Waals surface area contributed by atoms with Crippen molar-refractivity contribution in [1.29, 1.82) is 0 Å². The highest BCUT2D eigenvalue weighted by molar-refractivity contribution is 5.97. The predicted molar refractivity (Wildman–Crippen MR) is 78.1 cm³/mol. The molecule has 1 heterocycles. The highest BCUT2D eigenvalue weighted by Crippen LogP contribution is 2.00. The molecule has 1 aromatic heterocycles. The van der Waals surface area contributed by atoms with Crippen LogP contribution in [0.2, 0.25) is 0 Å². The number of aromatic nitrogens is 1. The number of carbonyl (C=O) groups is 2. The van der Waals surface area contributed by atoms with E-state index in [9.17, 15) is 9.59 Å². The Bertz CT molecular complexity index is 475. The highest BCUT2D eigenvalue weighted by atomic mass is 16.2. The summed E-state index contributed by atoms with van der Waals surface area (Å²) in [5, 5.41) is 2.67. The van der Waals surface area contributed by atoms with Gasteiger partial charge in [0.25, 0.3) is 5.91 Å². The van der Waals surface area contributed by atoms with Crippen LogP contribution in [0.4, 0.5) is 0 Å². The van der Waals surface area contributed by atoms with Gasteiger partial charge in [0.15, 0.2) is 0 Å². The maximum Gasteiger partial charge on any atom is 0.252 e. The van der Waals surface area contributed by atoms with Crippen LogP contribution in [0.15, 0.2) is 49.8 Å². The zero-order valence-electron chi connectivity index (χ0n) is 11.6. The molecule has 0 fully saturated rings. The SMILES string of the molecule is C=CCN(CC=C)C(=O)C(C)NC(=O)c1ccncc1. The molecule has 20 heavy (non-hydrogen) atoms. The summed E-state index contributed by atoms with van der Waals surface area (Å²) < 4.78 is 0. The molecule has 2 amide bonds. The van der Waals surface area contributed by atoms with Gasteiger partial charge in [-0.3, -0.25) is 14.6 Å². The number of hydrogen-bond acceptors (Lipinski definition) is 3. The summed E-state index contributed by atoms with van der Waals surface area (Å²) in [5.41, 5.74) is 0.471. The van der Waals surface area contributed by atoms with E-state index >= 15 is 0 Å². The van der Waals surface area contributed by atoms with E-state index in [4.69, 9.17) is 0 Å². The Morgan fingerprint density at radius 2 is 1.85 bits per heavy atom. The fourth-order valence-corrected chi connectivity index (χ4v) is 1.69. The number of hydrogen-bond donors (Lipinski definition) is 1. The monoisotopic (exact) mass is 273 g/mol. The maximum atomic E-state index is 12.2. The Morgan fingerprint density at radius 1 is 1.30 bits per heavy atom. The predicted octanol–water partition coefficient (Wildman–Crippen LogP) is 1.40. The molecule has 0 aliphatic rings. The van der Waals surface area contributed by atoms with Crippen LogP contribution < -0.4 is 5.32 Å². The first-order chi connectivity index (χ1) is 9.60. The lowest BCUT2D eigenvalue weighted by Gasteiger charge is -2.23. The third kappa shape index (κ3) is 4.35. The first kappa shape index (κ1) is 15.6. The second-order valence-electron chi connectivity index (χ2n) is 4.25. The second-order valence-corrected chi connectivity index (χ2v) is 4.25. The van der Waals surface area contributed by atoms with Crippen LogP contribution in [0.5, 0.6) is 0 Å². The molecule has 5 heteroatoms. The van der Waals surface area contributed by atoms with Crippen LogP contribution in [0.25, 0.3) is 0 Å². The van der Waals surface area contributed by atoms with Gasteiger partial charge in [-0.1, -0.05) is 12.2 Å². The van der Waals surface area contributed by atoms with Gasteiger partial charge < -0.3 is 10.2 Å². The van der Waals surface area contributed by atoms with Gasteiger partial charge in [-0.25, -0.2) is 0 Å².